The van der Waals surface area contributed by atoms with Gasteiger partial charge in [0.25, 0.3) is 0 Å². The predicted molar refractivity (Wildman–Crippen MR) is 71.3 cm³/mol. The number of anilines is 1. The van der Waals surface area contributed by atoms with E-state index in [2.05, 4.69) is 5.32 Å². The molecule has 0 saturated heterocycles. The molecule has 1 aromatic carbocycles. The Labute approximate surface area is 108 Å². The standard InChI is InChI=1S/C14H21NO3/c1-2-6-14-13(5-1)15-7-3-8-16-11-12-17-9-4-10-18-14/h1-2,5-6,15H,3-4,7-12H2. The SMILES string of the molecule is c1ccc2c(c1)NCCCOCCOCCCO2. The van der Waals surface area contributed by atoms with Gasteiger partial charge >= 0.3 is 0 Å². The summed E-state index contributed by atoms with van der Waals surface area (Å²) in [6.07, 6.45) is 1.88. The molecule has 4 heteroatoms. The average molecular weight is 251 g/mol. The Morgan fingerprint density at radius 2 is 1.61 bits per heavy atom. The molecule has 0 amide bonds. The van der Waals surface area contributed by atoms with E-state index in [0.717, 1.165) is 44.0 Å². The largest absolute Gasteiger partial charge is 0.491 e. The van der Waals surface area contributed by atoms with Crippen LogP contribution >= 0.6 is 0 Å². The van der Waals surface area contributed by atoms with Crippen LogP contribution in [-0.2, 0) is 9.47 Å². The first-order valence-corrected chi connectivity index (χ1v) is 6.58. The molecule has 0 unspecified atom stereocenters. The maximum absolute atomic E-state index is 5.76. The van der Waals surface area contributed by atoms with Crippen molar-refractivity contribution in [3.8, 4) is 5.75 Å². The zero-order valence-electron chi connectivity index (χ0n) is 10.7. The molecule has 0 fully saturated rings. The highest BCUT2D eigenvalue weighted by Gasteiger charge is 2.02. The van der Waals surface area contributed by atoms with Crippen LogP contribution in [0.2, 0.25) is 0 Å². The average Bonchev–Trinajstić information content (AvgIpc) is 2.41. The lowest BCUT2D eigenvalue weighted by Crippen LogP contribution is -2.12. The van der Waals surface area contributed by atoms with Gasteiger partial charge in [0.05, 0.1) is 25.5 Å². The lowest BCUT2D eigenvalue weighted by Gasteiger charge is -2.14. The summed E-state index contributed by atoms with van der Waals surface area (Å²) < 4.78 is 16.7. The summed E-state index contributed by atoms with van der Waals surface area (Å²) in [5, 5.41) is 3.38. The summed E-state index contributed by atoms with van der Waals surface area (Å²) in [4.78, 5) is 0. The zero-order chi connectivity index (χ0) is 12.5. The number of fused-ring (bicyclic) bond motifs is 1. The van der Waals surface area contributed by atoms with Gasteiger partial charge in [-0.1, -0.05) is 12.1 Å². The van der Waals surface area contributed by atoms with Crippen molar-refractivity contribution in [1.29, 1.82) is 0 Å². The van der Waals surface area contributed by atoms with Gasteiger partial charge in [-0.3, -0.25) is 0 Å². The van der Waals surface area contributed by atoms with Crippen molar-refractivity contribution in [2.75, 3.05) is 44.9 Å². The first-order valence-electron chi connectivity index (χ1n) is 6.58. The van der Waals surface area contributed by atoms with Crippen molar-refractivity contribution in [2.45, 2.75) is 12.8 Å². The Bertz CT molecular complexity index is 311. The minimum atomic E-state index is 0.671. The lowest BCUT2D eigenvalue weighted by atomic mass is 10.3. The van der Waals surface area contributed by atoms with Crippen LogP contribution in [0.4, 0.5) is 5.69 Å². The molecule has 0 radical (unpaired) electrons. The molecule has 1 N–H and O–H groups in total. The highest BCUT2D eigenvalue weighted by Crippen LogP contribution is 2.23. The zero-order valence-corrected chi connectivity index (χ0v) is 10.7. The van der Waals surface area contributed by atoms with Gasteiger partial charge in [-0.2, -0.15) is 0 Å². The molecule has 1 aliphatic rings. The Morgan fingerprint density at radius 1 is 0.833 bits per heavy atom. The van der Waals surface area contributed by atoms with E-state index in [9.17, 15) is 0 Å². The van der Waals surface area contributed by atoms with E-state index >= 15 is 0 Å². The molecular formula is C14H21NO3. The van der Waals surface area contributed by atoms with Gasteiger partial charge in [0.2, 0.25) is 0 Å². The lowest BCUT2D eigenvalue weighted by molar-refractivity contribution is 0.0432. The van der Waals surface area contributed by atoms with Gasteiger partial charge in [-0.15, -0.1) is 0 Å². The molecule has 4 nitrogen and oxygen atoms in total. The third kappa shape index (κ3) is 4.55. The second-order valence-corrected chi connectivity index (χ2v) is 4.20. The molecule has 0 saturated carbocycles. The third-order valence-corrected chi connectivity index (χ3v) is 2.73. The van der Waals surface area contributed by atoms with Crippen molar-refractivity contribution >= 4 is 5.69 Å². The van der Waals surface area contributed by atoms with Crippen molar-refractivity contribution < 1.29 is 14.2 Å². The molecule has 18 heavy (non-hydrogen) atoms. The van der Waals surface area contributed by atoms with Crippen LogP contribution in [0.25, 0.3) is 0 Å². The van der Waals surface area contributed by atoms with E-state index in [0.29, 0.717) is 19.8 Å². The van der Waals surface area contributed by atoms with Crippen LogP contribution in [-0.4, -0.2) is 39.6 Å². The number of benzene rings is 1. The summed E-state index contributed by atoms with van der Waals surface area (Å²) in [5.74, 6) is 0.912. The van der Waals surface area contributed by atoms with Gasteiger partial charge in [0, 0.05) is 26.2 Å². The fourth-order valence-electron chi connectivity index (χ4n) is 1.80. The van der Waals surface area contributed by atoms with Crippen LogP contribution in [0.1, 0.15) is 12.8 Å². The molecule has 1 aromatic rings. The summed E-state index contributed by atoms with van der Waals surface area (Å²) in [6, 6.07) is 8.03. The van der Waals surface area contributed by atoms with Gasteiger partial charge in [0.1, 0.15) is 5.75 Å². The minimum Gasteiger partial charge on any atom is -0.491 e. The molecule has 0 aliphatic carbocycles. The van der Waals surface area contributed by atoms with Gasteiger partial charge in [0.15, 0.2) is 0 Å². The van der Waals surface area contributed by atoms with Crippen LogP contribution in [0, 0.1) is 0 Å². The molecule has 0 spiro atoms. The fraction of sp³-hybridized carbons (Fsp3) is 0.571. The molecule has 1 aliphatic heterocycles. The van der Waals surface area contributed by atoms with Gasteiger partial charge in [-0.25, -0.2) is 0 Å². The van der Waals surface area contributed by atoms with Crippen LogP contribution in [0.5, 0.6) is 5.75 Å². The van der Waals surface area contributed by atoms with Crippen LogP contribution in [0.3, 0.4) is 0 Å². The maximum atomic E-state index is 5.76. The topological polar surface area (TPSA) is 39.7 Å². The summed E-state index contributed by atoms with van der Waals surface area (Å²) in [6.45, 7) is 4.40. The fourth-order valence-corrected chi connectivity index (χ4v) is 1.80. The third-order valence-electron chi connectivity index (χ3n) is 2.73. The van der Waals surface area contributed by atoms with E-state index in [-0.39, 0.29) is 0 Å². The second-order valence-electron chi connectivity index (χ2n) is 4.20. The Hall–Kier alpha value is -1.26. The van der Waals surface area contributed by atoms with E-state index in [4.69, 9.17) is 14.2 Å². The van der Waals surface area contributed by atoms with Gasteiger partial charge < -0.3 is 19.5 Å². The summed E-state index contributed by atoms with van der Waals surface area (Å²) in [5.41, 5.74) is 1.05. The van der Waals surface area contributed by atoms with Gasteiger partial charge in [-0.05, 0) is 18.6 Å². The summed E-state index contributed by atoms with van der Waals surface area (Å²) >= 11 is 0. The first-order chi connectivity index (χ1) is 8.97. The number of ether oxygens (including phenoxy) is 3. The minimum absolute atomic E-state index is 0.671. The maximum Gasteiger partial charge on any atom is 0.142 e. The monoisotopic (exact) mass is 251 g/mol. The first kappa shape index (κ1) is 13.2. The number of hydrogen-bond acceptors (Lipinski definition) is 4. The van der Waals surface area contributed by atoms with E-state index in [1.54, 1.807) is 0 Å². The number of hydrogen-bond donors (Lipinski definition) is 1. The van der Waals surface area contributed by atoms with Crippen LogP contribution in [0.15, 0.2) is 24.3 Å². The van der Waals surface area contributed by atoms with Crippen molar-refractivity contribution in [3.05, 3.63) is 24.3 Å². The predicted octanol–water partition coefficient (Wildman–Crippen LogP) is 2.30. The molecule has 2 rings (SSSR count). The number of rotatable bonds is 0. The second kappa shape index (κ2) is 7.95. The highest BCUT2D eigenvalue weighted by molar-refractivity contribution is 5.56. The Morgan fingerprint density at radius 3 is 2.50 bits per heavy atom. The smallest absolute Gasteiger partial charge is 0.142 e. The number of para-hydroxylation sites is 2. The normalized spacial score (nSPS) is 18.9. The quantitative estimate of drug-likeness (QED) is 0.768. The molecule has 0 aromatic heterocycles. The van der Waals surface area contributed by atoms with Crippen molar-refractivity contribution in [1.82, 2.24) is 0 Å². The Kier molecular flexibility index (Phi) is 5.82. The van der Waals surface area contributed by atoms with Crippen molar-refractivity contribution in [3.63, 3.8) is 0 Å². The summed E-state index contributed by atoms with van der Waals surface area (Å²) in [7, 11) is 0. The molecule has 100 valence electrons. The molecule has 0 bridgehead atoms. The van der Waals surface area contributed by atoms with Crippen molar-refractivity contribution in [2.24, 2.45) is 0 Å². The van der Waals surface area contributed by atoms with E-state index < -0.39 is 0 Å². The van der Waals surface area contributed by atoms with Crippen LogP contribution < -0.4 is 10.1 Å². The molecule has 1 heterocycles. The molecule has 0 atom stereocenters. The highest BCUT2D eigenvalue weighted by atomic mass is 16.5. The van der Waals surface area contributed by atoms with E-state index in [1.807, 2.05) is 24.3 Å². The Balaban J connectivity index is 1.91. The molecular weight excluding hydrogens is 230 g/mol. The number of nitrogens with one attached hydrogen (secondary N) is 1. The van der Waals surface area contributed by atoms with E-state index in [1.165, 1.54) is 0 Å².